The molecular weight excluding hydrogens is 251 g/mol. The third kappa shape index (κ3) is 4.31. The molecule has 1 aromatic carbocycles. The fourth-order valence-electron chi connectivity index (χ4n) is 1.43. The van der Waals surface area contributed by atoms with Crippen molar-refractivity contribution >= 4 is 17.7 Å². The molecular formula is C13H19FN2OS. The summed E-state index contributed by atoms with van der Waals surface area (Å²) in [6.45, 7) is 2.52. The Morgan fingerprint density at radius 2 is 2.22 bits per heavy atom. The van der Waals surface area contributed by atoms with Crippen LogP contribution >= 0.6 is 11.8 Å². The van der Waals surface area contributed by atoms with Crippen molar-refractivity contribution in [2.24, 2.45) is 0 Å². The average molecular weight is 270 g/mol. The van der Waals surface area contributed by atoms with Crippen molar-refractivity contribution in [1.82, 2.24) is 10.6 Å². The Balaban J connectivity index is 2.71. The molecule has 3 nitrogen and oxygen atoms in total. The molecule has 0 spiro atoms. The Morgan fingerprint density at radius 3 is 2.83 bits per heavy atom. The minimum absolute atomic E-state index is 0.167. The Kier molecular flexibility index (Phi) is 6.15. The fraction of sp³-hybridized carbons (Fsp3) is 0.462. The van der Waals surface area contributed by atoms with Crippen molar-refractivity contribution < 1.29 is 9.18 Å². The normalized spacial score (nSPS) is 12.2. The number of rotatable bonds is 6. The van der Waals surface area contributed by atoms with Crippen molar-refractivity contribution in [3.63, 3.8) is 0 Å². The number of amides is 1. The first-order valence-corrected chi connectivity index (χ1v) is 7.20. The molecule has 1 unspecified atom stereocenters. The second-order valence-corrected chi connectivity index (χ2v) is 5.00. The first-order valence-electron chi connectivity index (χ1n) is 5.81. The molecule has 18 heavy (non-hydrogen) atoms. The number of hydrogen-bond donors (Lipinski definition) is 2. The highest BCUT2D eigenvalue weighted by Crippen LogP contribution is 2.15. The molecule has 1 rings (SSSR count). The van der Waals surface area contributed by atoms with E-state index >= 15 is 0 Å². The van der Waals surface area contributed by atoms with E-state index in [-0.39, 0.29) is 17.8 Å². The molecule has 0 radical (unpaired) electrons. The monoisotopic (exact) mass is 270 g/mol. The molecule has 0 fully saturated rings. The van der Waals surface area contributed by atoms with E-state index in [0.717, 1.165) is 0 Å². The number of nitrogens with one attached hydrogen (secondary N) is 2. The summed E-state index contributed by atoms with van der Waals surface area (Å²) >= 11 is 1.53. The Bertz CT molecular complexity index is 412. The summed E-state index contributed by atoms with van der Waals surface area (Å²) in [4.78, 5) is 11.9. The molecule has 0 aliphatic heterocycles. The second kappa shape index (κ2) is 7.38. The Labute approximate surface area is 112 Å². The summed E-state index contributed by atoms with van der Waals surface area (Å²) in [7, 11) is 1.84. The standard InChI is InChI=1S/C13H19FN2OS/c1-9(15-2)7-16-13(17)10-4-5-12(14)11(6-10)8-18-3/h4-6,9,15H,7-8H2,1-3H3,(H,16,17). The van der Waals surface area contributed by atoms with E-state index in [4.69, 9.17) is 0 Å². The highest BCUT2D eigenvalue weighted by atomic mass is 32.2. The van der Waals surface area contributed by atoms with Crippen LogP contribution in [0, 0.1) is 5.82 Å². The smallest absolute Gasteiger partial charge is 0.251 e. The van der Waals surface area contributed by atoms with Gasteiger partial charge >= 0.3 is 0 Å². The number of halogens is 1. The van der Waals surface area contributed by atoms with E-state index in [2.05, 4.69) is 10.6 Å². The van der Waals surface area contributed by atoms with Gasteiger partial charge in [0, 0.05) is 23.9 Å². The van der Waals surface area contributed by atoms with Crippen LogP contribution in [0.4, 0.5) is 4.39 Å². The lowest BCUT2D eigenvalue weighted by Crippen LogP contribution is -2.37. The van der Waals surface area contributed by atoms with E-state index < -0.39 is 0 Å². The van der Waals surface area contributed by atoms with E-state index in [1.807, 2.05) is 20.2 Å². The lowest BCUT2D eigenvalue weighted by molar-refractivity contribution is 0.0950. The molecule has 0 aliphatic carbocycles. The molecule has 100 valence electrons. The van der Waals surface area contributed by atoms with Crippen LogP contribution in [0.3, 0.4) is 0 Å². The van der Waals surface area contributed by atoms with Crippen LogP contribution in [0.15, 0.2) is 18.2 Å². The zero-order valence-corrected chi connectivity index (χ0v) is 11.7. The van der Waals surface area contributed by atoms with Gasteiger partial charge in [0.25, 0.3) is 5.91 Å². The van der Waals surface area contributed by atoms with E-state index in [1.165, 1.54) is 23.9 Å². The van der Waals surface area contributed by atoms with Crippen LogP contribution in [-0.4, -0.2) is 31.8 Å². The summed E-state index contributed by atoms with van der Waals surface area (Å²) in [5.74, 6) is 0.142. The number of thioether (sulfide) groups is 1. The highest BCUT2D eigenvalue weighted by Gasteiger charge is 2.10. The van der Waals surface area contributed by atoms with E-state index in [9.17, 15) is 9.18 Å². The van der Waals surface area contributed by atoms with Crippen molar-refractivity contribution in [2.75, 3.05) is 19.8 Å². The molecule has 0 saturated carbocycles. The third-order valence-corrected chi connectivity index (χ3v) is 3.27. The van der Waals surface area contributed by atoms with Crippen LogP contribution in [0.25, 0.3) is 0 Å². The molecule has 1 aromatic rings. The van der Waals surface area contributed by atoms with E-state index in [0.29, 0.717) is 23.4 Å². The van der Waals surface area contributed by atoms with Crippen LogP contribution in [0.2, 0.25) is 0 Å². The maximum absolute atomic E-state index is 13.4. The fourth-order valence-corrected chi connectivity index (χ4v) is 1.96. The van der Waals surface area contributed by atoms with Crippen LogP contribution in [0.1, 0.15) is 22.8 Å². The molecule has 1 amide bonds. The lowest BCUT2D eigenvalue weighted by atomic mass is 10.1. The predicted octanol–water partition coefficient (Wildman–Crippen LogP) is 2.03. The van der Waals surface area contributed by atoms with Gasteiger partial charge in [-0.05, 0) is 44.0 Å². The van der Waals surface area contributed by atoms with Gasteiger partial charge in [-0.15, -0.1) is 0 Å². The molecule has 0 saturated heterocycles. The molecule has 1 atom stereocenters. The van der Waals surface area contributed by atoms with Crippen molar-refractivity contribution in [1.29, 1.82) is 0 Å². The van der Waals surface area contributed by atoms with Gasteiger partial charge in [-0.25, -0.2) is 4.39 Å². The predicted molar refractivity (Wildman–Crippen MR) is 74.5 cm³/mol. The van der Waals surface area contributed by atoms with Gasteiger partial charge in [0.1, 0.15) is 5.82 Å². The molecule has 5 heteroatoms. The van der Waals surface area contributed by atoms with Crippen molar-refractivity contribution in [3.8, 4) is 0 Å². The molecule has 0 aliphatic rings. The van der Waals surface area contributed by atoms with Gasteiger partial charge in [-0.1, -0.05) is 0 Å². The summed E-state index contributed by atoms with van der Waals surface area (Å²) < 4.78 is 13.4. The SMILES string of the molecule is CNC(C)CNC(=O)c1ccc(F)c(CSC)c1. The molecule has 0 bridgehead atoms. The van der Waals surface area contributed by atoms with Gasteiger partial charge in [0.2, 0.25) is 0 Å². The molecule has 0 aromatic heterocycles. The van der Waals surface area contributed by atoms with Crippen molar-refractivity contribution in [2.45, 2.75) is 18.7 Å². The summed E-state index contributed by atoms with van der Waals surface area (Å²) in [5.41, 5.74) is 1.07. The van der Waals surface area contributed by atoms with Gasteiger partial charge in [0.15, 0.2) is 0 Å². The van der Waals surface area contributed by atoms with Crippen LogP contribution in [0.5, 0.6) is 0 Å². The molecule has 2 N–H and O–H groups in total. The minimum Gasteiger partial charge on any atom is -0.350 e. The zero-order chi connectivity index (χ0) is 13.5. The number of likely N-dealkylation sites (N-methyl/N-ethyl adjacent to an activating group) is 1. The minimum atomic E-state index is -0.260. The van der Waals surface area contributed by atoms with Gasteiger partial charge < -0.3 is 10.6 Å². The Morgan fingerprint density at radius 1 is 1.50 bits per heavy atom. The van der Waals surface area contributed by atoms with Gasteiger partial charge in [-0.3, -0.25) is 4.79 Å². The third-order valence-electron chi connectivity index (χ3n) is 2.67. The van der Waals surface area contributed by atoms with Crippen LogP contribution < -0.4 is 10.6 Å². The first kappa shape index (κ1) is 15.0. The van der Waals surface area contributed by atoms with Gasteiger partial charge in [-0.2, -0.15) is 11.8 Å². The van der Waals surface area contributed by atoms with Crippen molar-refractivity contribution in [3.05, 3.63) is 35.1 Å². The zero-order valence-electron chi connectivity index (χ0n) is 10.9. The highest BCUT2D eigenvalue weighted by molar-refractivity contribution is 7.97. The second-order valence-electron chi connectivity index (χ2n) is 4.14. The number of benzene rings is 1. The first-order chi connectivity index (χ1) is 8.58. The summed E-state index contributed by atoms with van der Waals surface area (Å²) in [5, 5.41) is 5.84. The number of carbonyl (C=O) groups excluding carboxylic acids is 1. The summed E-state index contributed by atoms with van der Waals surface area (Å²) in [6, 6.07) is 4.69. The Hall–Kier alpha value is -1.07. The van der Waals surface area contributed by atoms with Crippen LogP contribution in [-0.2, 0) is 5.75 Å². The van der Waals surface area contributed by atoms with Gasteiger partial charge in [0.05, 0.1) is 0 Å². The summed E-state index contributed by atoms with van der Waals surface area (Å²) in [6.07, 6.45) is 1.90. The number of carbonyl (C=O) groups is 1. The molecule has 0 heterocycles. The topological polar surface area (TPSA) is 41.1 Å². The maximum atomic E-state index is 13.4. The average Bonchev–Trinajstić information content (AvgIpc) is 2.38. The largest absolute Gasteiger partial charge is 0.350 e. The lowest BCUT2D eigenvalue weighted by Gasteiger charge is -2.12. The maximum Gasteiger partial charge on any atom is 0.251 e. The number of hydrogen-bond acceptors (Lipinski definition) is 3. The quantitative estimate of drug-likeness (QED) is 0.831. The van der Waals surface area contributed by atoms with E-state index in [1.54, 1.807) is 6.07 Å².